The zero-order valence-electron chi connectivity index (χ0n) is 14.9. The standard InChI is InChI=1S/C18H25N5OS/c1-14(24)23(11-15-3-8-25-13-15)17-9-18(17)4-6-22(7-5-18)12-16-10-19-20-21(16)2/h3,8,10,13,17H,4-7,9,11-12H2,1-2H3/t17-/m1/s1. The smallest absolute Gasteiger partial charge is 0.220 e. The largest absolute Gasteiger partial charge is 0.335 e. The molecule has 2 aromatic rings. The van der Waals surface area contributed by atoms with E-state index in [1.807, 2.05) is 17.9 Å². The highest BCUT2D eigenvalue weighted by atomic mass is 32.1. The molecule has 25 heavy (non-hydrogen) atoms. The Kier molecular flexibility index (Phi) is 4.37. The van der Waals surface area contributed by atoms with Crippen LogP contribution in [-0.4, -0.2) is 49.8 Å². The maximum Gasteiger partial charge on any atom is 0.220 e. The molecule has 1 amide bonds. The number of amides is 1. The fourth-order valence-corrected chi connectivity index (χ4v) is 4.82. The molecule has 2 aliphatic rings. The molecular formula is C18H25N5OS. The molecule has 0 aromatic carbocycles. The monoisotopic (exact) mass is 359 g/mol. The summed E-state index contributed by atoms with van der Waals surface area (Å²) in [5.74, 6) is 0.205. The third-order valence-electron chi connectivity index (χ3n) is 5.91. The van der Waals surface area contributed by atoms with Gasteiger partial charge in [0.25, 0.3) is 0 Å². The zero-order chi connectivity index (χ0) is 17.4. The summed E-state index contributed by atoms with van der Waals surface area (Å²) in [7, 11) is 1.94. The van der Waals surface area contributed by atoms with Crippen LogP contribution >= 0.6 is 11.3 Å². The van der Waals surface area contributed by atoms with Crippen molar-refractivity contribution in [3.8, 4) is 0 Å². The van der Waals surface area contributed by atoms with Gasteiger partial charge in [0.2, 0.25) is 5.91 Å². The first kappa shape index (κ1) is 16.7. The molecule has 7 heteroatoms. The minimum atomic E-state index is 0.205. The molecule has 0 N–H and O–H groups in total. The van der Waals surface area contributed by atoms with Crippen molar-refractivity contribution in [3.63, 3.8) is 0 Å². The first-order chi connectivity index (χ1) is 12.1. The summed E-state index contributed by atoms with van der Waals surface area (Å²) >= 11 is 1.70. The Morgan fingerprint density at radius 3 is 2.84 bits per heavy atom. The van der Waals surface area contributed by atoms with Gasteiger partial charge in [0.15, 0.2) is 0 Å². The van der Waals surface area contributed by atoms with Crippen molar-refractivity contribution >= 4 is 17.2 Å². The molecule has 2 fully saturated rings. The van der Waals surface area contributed by atoms with Crippen LogP contribution in [-0.2, 0) is 24.9 Å². The Balaban J connectivity index is 1.35. The van der Waals surface area contributed by atoms with Crippen LogP contribution in [0.1, 0.15) is 37.4 Å². The quantitative estimate of drug-likeness (QED) is 0.822. The molecule has 6 nitrogen and oxygen atoms in total. The summed E-state index contributed by atoms with van der Waals surface area (Å²) in [5, 5.41) is 12.2. The molecule has 1 aliphatic carbocycles. The van der Waals surface area contributed by atoms with Crippen molar-refractivity contribution in [2.24, 2.45) is 12.5 Å². The molecule has 0 unspecified atom stereocenters. The van der Waals surface area contributed by atoms with Crippen LogP contribution in [0.5, 0.6) is 0 Å². The van der Waals surface area contributed by atoms with Gasteiger partial charge in [0.1, 0.15) is 0 Å². The lowest BCUT2D eigenvalue weighted by molar-refractivity contribution is -0.130. The Labute approximate surface area is 152 Å². The second-order valence-corrected chi connectivity index (χ2v) is 8.27. The van der Waals surface area contributed by atoms with Gasteiger partial charge in [-0.15, -0.1) is 5.10 Å². The number of rotatable bonds is 5. The normalized spacial score (nSPS) is 22.2. The van der Waals surface area contributed by atoms with Crippen LogP contribution in [0.15, 0.2) is 23.0 Å². The van der Waals surface area contributed by atoms with Gasteiger partial charge in [-0.1, -0.05) is 5.21 Å². The van der Waals surface area contributed by atoms with E-state index < -0.39 is 0 Å². The molecule has 0 bridgehead atoms. The number of carbonyl (C=O) groups excluding carboxylic acids is 1. The molecular weight excluding hydrogens is 334 g/mol. The fraction of sp³-hybridized carbons (Fsp3) is 0.611. The van der Waals surface area contributed by atoms with Gasteiger partial charge < -0.3 is 4.90 Å². The van der Waals surface area contributed by atoms with Crippen molar-refractivity contribution in [3.05, 3.63) is 34.3 Å². The van der Waals surface area contributed by atoms with Gasteiger partial charge in [-0.05, 0) is 60.2 Å². The van der Waals surface area contributed by atoms with Gasteiger partial charge >= 0.3 is 0 Å². The van der Waals surface area contributed by atoms with Crippen LogP contribution in [0, 0.1) is 5.41 Å². The third-order valence-corrected chi connectivity index (χ3v) is 6.64. The van der Waals surface area contributed by atoms with Gasteiger partial charge in [0, 0.05) is 33.1 Å². The average molecular weight is 359 g/mol. The maximum atomic E-state index is 12.2. The van der Waals surface area contributed by atoms with Crippen molar-refractivity contribution in [2.75, 3.05) is 13.1 Å². The van der Waals surface area contributed by atoms with E-state index in [0.29, 0.717) is 11.5 Å². The molecule has 1 aliphatic heterocycles. The van der Waals surface area contributed by atoms with Gasteiger partial charge in [-0.25, -0.2) is 0 Å². The van der Waals surface area contributed by atoms with E-state index in [4.69, 9.17) is 0 Å². The van der Waals surface area contributed by atoms with Crippen LogP contribution < -0.4 is 0 Å². The van der Waals surface area contributed by atoms with Crippen molar-refractivity contribution in [1.82, 2.24) is 24.8 Å². The Hall–Kier alpha value is -1.73. The number of thiophene rings is 1. The lowest BCUT2D eigenvalue weighted by Crippen LogP contribution is -2.40. The number of hydrogen-bond acceptors (Lipinski definition) is 5. The topological polar surface area (TPSA) is 54.3 Å². The molecule has 1 saturated carbocycles. The van der Waals surface area contributed by atoms with Gasteiger partial charge in [-0.3, -0.25) is 14.4 Å². The van der Waals surface area contributed by atoms with Crippen LogP contribution in [0.2, 0.25) is 0 Å². The highest BCUT2D eigenvalue weighted by Crippen LogP contribution is 2.57. The van der Waals surface area contributed by atoms with Gasteiger partial charge in [-0.2, -0.15) is 11.3 Å². The SMILES string of the molecule is CC(=O)N(Cc1ccsc1)[C@@H]1CC12CCN(Cc1cnnn1C)CC2. The minimum absolute atomic E-state index is 0.205. The molecule has 134 valence electrons. The van der Waals surface area contributed by atoms with Crippen LogP contribution in [0.25, 0.3) is 0 Å². The summed E-state index contributed by atoms with van der Waals surface area (Å²) in [5.41, 5.74) is 2.76. The van der Waals surface area contributed by atoms with Crippen LogP contribution in [0.3, 0.4) is 0 Å². The van der Waals surface area contributed by atoms with E-state index in [0.717, 1.165) is 38.3 Å². The summed E-state index contributed by atoms with van der Waals surface area (Å²) in [6.07, 6.45) is 5.37. The predicted octanol–water partition coefficient (Wildman–Crippen LogP) is 2.28. The first-order valence-electron chi connectivity index (χ1n) is 8.92. The Morgan fingerprint density at radius 1 is 1.44 bits per heavy atom. The number of hydrogen-bond donors (Lipinski definition) is 0. The number of likely N-dealkylation sites (tertiary alicyclic amines) is 1. The zero-order valence-corrected chi connectivity index (χ0v) is 15.7. The number of aromatic nitrogens is 3. The summed E-state index contributed by atoms with van der Waals surface area (Å²) in [4.78, 5) is 16.8. The molecule has 1 atom stereocenters. The highest BCUT2D eigenvalue weighted by Gasteiger charge is 2.58. The number of piperidine rings is 1. The van der Waals surface area contributed by atoms with E-state index in [1.165, 1.54) is 18.4 Å². The maximum absolute atomic E-state index is 12.2. The number of nitrogens with zero attached hydrogens (tertiary/aromatic N) is 5. The molecule has 4 rings (SSSR count). The highest BCUT2D eigenvalue weighted by molar-refractivity contribution is 7.07. The third kappa shape index (κ3) is 3.35. The fourth-order valence-electron chi connectivity index (χ4n) is 4.16. The molecule has 3 heterocycles. The molecule has 2 aromatic heterocycles. The van der Waals surface area contributed by atoms with E-state index in [-0.39, 0.29) is 5.91 Å². The molecule has 0 radical (unpaired) electrons. The molecule has 1 saturated heterocycles. The lowest BCUT2D eigenvalue weighted by atomic mass is 9.92. The predicted molar refractivity (Wildman–Crippen MR) is 96.9 cm³/mol. The number of carbonyl (C=O) groups is 1. The summed E-state index contributed by atoms with van der Waals surface area (Å²) < 4.78 is 1.85. The first-order valence-corrected chi connectivity index (χ1v) is 9.86. The second kappa shape index (κ2) is 6.53. The van der Waals surface area contributed by atoms with E-state index in [1.54, 1.807) is 18.3 Å². The van der Waals surface area contributed by atoms with Crippen molar-refractivity contribution in [2.45, 2.75) is 45.3 Å². The molecule has 1 spiro atoms. The minimum Gasteiger partial charge on any atom is -0.335 e. The van der Waals surface area contributed by atoms with E-state index in [9.17, 15) is 4.79 Å². The van der Waals surface area contributed by atoms with Crippen molar-refractivity contribution in [1.29, 1.82) is 0 Å². The summed E-state index contributed by atoms with van der Waals surface area (Å²) in [6, 6.07) is 2.55. The summed E-state index contributed by atoms with van der Waals surface area (Å²) in [6.45, 7) is 5.56. The van der Waals surface area contributed by atoms with E-state index >= 15 is 0 Å². The average Bonchev–Trinajstić information content (AvgIpc) is 2.94. The van der Waals surface area contributed by atoms with Crippen LogP contribution in [0.4, 0.5) is 0 Å². The van der Waals surface area contributed by atoms with E-state index in [2.05, 4.69) is 36.9 Å². The number of aryl methyl sites for hydroxylation is 1. The van der Waals surface area contributed by atoms with Gasteiger partial charge in [0.05, 0.1) is 11.9 Å². The Morgan fingerprint density at radius 2 is 2.24 bits per heavy atom. The Bertz CT molecular complexity index is 732. The lowest BCUT2D eigenvalue weighted by Gasteiger charge is -2.34. The second-order valence-electron chi connectivity index (χ2n) is 7.49. The van der Waals surface area contributed by atoms with Crippen molar-refractivity contribution < 1.29 is 4.79 Å².